The van der Waals surface area contributed by atoms with E-state index < -0.39 is 5.97 Å². The van der Waals surface area contributed by atoms with Gasteiger partial charge in [0.15, 0.2) is 5.69 Å². The molecule has 1 heterocycles. The SMILES string of the molecule is CCn1ccc(C(=O)Oc2ccc(C=O)cc2)n1. The van der Waals surface area contributed by atoms with Gasteiger partial charge >= 0.3 is 5.97 Å². The topological polar surface area (TPSA) is 61.2 Å². The van der Waals surface area contributed by atoms with E-state index in [0.29, 0.717) is 17.9 Å². The van der Waals surface area contributed by atoms with E-state index in [1.54, 1.807) is 41.2 Å². The van der Waals surface area contributed by atoms with Crippen molar-refractivity contribution in [3.8, 4) is 5.75 Å². The molecular formula is C13H12N2O3. The third-order valence-corrected chi connectivity index (χ3v) is 2.40. The molecule has 5 nitrogen and oxygen atoms in total. The number of esters is 1. The Hall–Kier alpha value is -2.43. The average Bonchev–Trinajstić information content (AvgIpc) is 2.88. The molecule has 2 rings (SSSR count). The van der Waals surface area contributed by atoms with Crippen molar-refractivity contribution in [2.75, 3.05) is 0 Å². The van der Waals surface area contributed by atoms with Crippen LogP contribution in [-0.4, -0.2) is 22.0 Å². The minimum Gasteiger partial charge on any atom is -0.422 e. The minimum atomic E-state index is -0.513. The Balaban J connectivity index is 2.08. The van der Waals surface area contributed by atoms with Gasteiger partial charge in [-0.1, -0.05) is 0 Å². The molecule has 0 radical (unpaired) electrons. The standard InChI is InChI=1S/C13H12N2O3/c1-2-15-8-7-12(14-15)13(17)18-11-5-3-10(9-16)4-6-11/h3-9H,2H2,1H3. The van der Waals surface area contributed by atoms with E-state index in [1.165, 1.54) is 0 Å². The molecule has 0 atom stereocenters. The maximum Gasteiger partial charge on any atom is 0.364 e. The van der Waals surface area contributed by atoms with Crippen LogP contribution in [0.3, 0.4) is 0 Å². The summed E-state index contributed by atoms with van der Waals surface area (Å²) in [5.74, 6) is -0.127. The number of carbonyl (C=O) groups excluding carboxylic acids is 2. The number of hydrogen-bond donors (Lipinski definition) is 0. The summed E-state index contributed by atoms with van der Waals surface area (Å²) in [5.41, 5.74) is 0.793. The minimum absolute atomic E-state index is 0.260. The molecule has 1 aromatic carbocycles. The molecule has 0 aliphatic carbocycles. The fourth-order valence-corrected chi connectivity index (χ4v) is 1.42. The van der Waals surface area contributed by atoms with Crippen molar-refractivity contribution in [2.24, 2.45) is 0 Å². The van der Waals surface area contributed by atoms with E-state index in [4.69, 9.17) is 4.74 Å². The zero-order chi connectivity index (χ0) is 13.0. The quantitative estimate of drug-likeness (QED) is 0.468. The van der Waals surface area contributed by atoms with Gasteiger partial charge in [0, 0.05) is 18.3 Å². The smallest absolute Gasteiger partial charge is 0.364 e. The number of benzene rings is 1. The summed E-state index contributed by atoms with van der Waals surface area (Å²) in [7, 11) is 0. The van der Waals surface area contributed by atoms with Crippen molar-refractivity contribution < 1.29 is 14.3 Å². The molecule has 0 saturated heterocycles. The maximum absolute atomic E-state index is 11.7. The molecule has 0 saturated carbocycles. The largest absolute Gasteiger partial charge is 0.422 e. The number of aldehydes is 1. The van der Waals surface area contributed by atoms with Crippen molar-refractivity contribution in [3.05, 3.63) is 47.8 Å². The lowest BCUT2D eigenvalue weighted by Crippen LogP contribution is -2.10. The van der Waals surface area contributed by atoms with Crippen molar-refractivity contribution in [2.45, 2.75) is 13.5 Å². The molecule has 5 heteroatoms. The van der Waals surface area contributed by atoms with Crippen LogP contribution < -0.4 is 4.74 Å². The molecule has 0 aliphatic heterocycles. The second kappa shape index (κ2) is 5.27. The molecule has 1 aromatic heterocycles. The first kappa shape index (κ1) is 12.0. The summed E-state index contributed by atoms with van der Waals surface area (Å²) < 4.78 is 6.77. The molecule has 92 valence electrons. The number of nitrogens with zero attached hydrogens (tertiary/aromatic N) is 2. The fraction of sp³-hybridized carbons (Fsp3) is 0.154. The van der Waals surface area contributed by atoms with Crippen LogP contribution in [0.15, 0.2) is 36.5 Å². The first-order valence-corrected chi connectivity index (χ1v) is 5.54. The second-order valence-corrected chi connectivity index (χ2v) is 3.63. The Kier molecular flexibility index (Phi) is 3.52. The van der Waals surface area contributed by atoms with E-state index in [9.17, 15) is 9.59 Å². The predicted molar refractivity (Wildman–Crippen MR) is 64.7 cm³/mol. The van der Waals surface area contributed by atoms with Crippen LogP contribution in [0.2, 0.25) is 0 Å². The lowest BCUT2D eigenvalue weighted by atomic mass is 10.2. The number of ether oxygens (including phenoxy) is 1. The maximum atomic E-state index is 11.7. The van der Waals surface area contributed by atoms with Crippen molar-refractivity contribution in [3.63, 3.8) is 0 Å². The van der Waals surface area contributed by atoms with Gasteiger partial charge < -0.3 is 4.74 Å². The molecule has 0 bridgehead atoms. The summed E-state index contributed by atoms with van der Waals surface area (Å²) in [5, 5.41) is 4.04. The summed E-state index contributed by atoms with van der Waals surface area (Å²) in [4.78, 5) is 22.2. The van der Waals surface area contributed by atoms with Crippen molar-refractivity contribution >= 4 is 12.3 Å². The van der Waals surface area contributed by atoms with Crippen molar-refractivity contribution in [1.29, 1.82) is 0 Å². The normalized spacial score (nSPS) is 10.1. The molecule has 0 spiro atoms. The Morgan fingerprint density at radius 1 is 1.33 bits per heavy atom. The van der Waals surface area contributed by atoms with Gasteiger partial charge in [-0.15, -0.1) is 0 Å². The van der Waals surface area contributed by atoms with Crippen LogP contribution in [0.4, 0.5) is 0 Å². The Bertz CT molecular complexity index is 558. The highest BCUT2D eigenvalue weighted by molar-refractivity contribution is 5.89. The van der Waals surface area contributed by atoms with Crippen LogP contribution in [0, 0.1) is 0 Å². The van der Waals surface area contributed by atoms with Gasteiger partial charge in [0.25, 0.3) is 0 Å². The molecule has 2 aromatic rings. The van der Waals surface area contributed by atoms with Gasteiger partial charge in [0.2, 0.25) is 0 Å². The highest BCUT2D eigenvalue weighted by Crippen LogP contribution is 2.12. The summed E-state index contributed by atoms with van der Waals surface area (Å²) in [6.45, 7) is 2.63. The van der Waals surface area contributed by atoms with E-state index in [-0.39, 0.29) is 5.69 Å². The number of aryl methyl sites for hydroxylation is 1. The van der Waals surface area contributed by atoms with E-state index in [2.05, 4.69) is 5.10 Å². The van der Waals surface area contributed by atoms with Crippen LogP contribution in [0.25, 0.3) is 0 Å². The zero-order valence-electron chi connectivity index (χ0n) is 9.87. The molecule has 0 fully saturated rings. The van der Waals surface area contributed by atoms with E-state index >= 15 is 0 Å². The predicted octanol–water partition coefficient (Wildman–Crippen LogP) is 1.93. The van der Waals surface area contributed by atoms with Crippen LogP contribution in [-0.2, 0) is 6.54 Å². The molecular weight excluding hydrogens is 232 g/mol. The third-order valence-electron chi connectivity index (χ3n) is 2.40. The Labute approximate surface area is 104 Å². The summed E-state index contributed by atoms with van der Waals surface area (Å²) >= 11 is 0. The van der Waals surface area contributed by atoms with Crippen LogP contribution in [0.5, 0.6) is 5.75 Å². The van der Waals surface area contributed by atoms with E-state index in [1.807, 2.05) is 6.92 Å². The van der Waals surface area contributed by atoms with Gasteiger partial charge in [-0.3, -0.25) is 9.48 Å². The van der Waals surface area contributed by atoms with E-state index in [0.717, 1.165) is 6.29 Å². The molecule has 0 unspecified atom stereocenters. The first-order valence-electron chi connectivity index (χ1n) is 5.54. The van der Waals surface area contributed by atoms with Gasteiger partial charge in [-0.05, 0) is 37.3 Å². The monoisotopic (exact) mass is 244 g/mol. The number of rotatable bonds is 4. The number of hydrogen-bond acceptors (Lipinski definition) is 4. The molecule has 0 N–H and O–H groups in total. The average molecular weight is 244 g/mol. The second-order valence-electron chi connectivity index (χ2n) is 3.63. The summed E-state index contributed by atoms with van der Waals surface area (Å²) in [6.07, 6.45) is 2.45. The zero-order valence-corrected chi connectivity index (χ0v) is 9.87. The lowest BCUT2D eigenvalue weighted by Gasteiger charge is -2.02. The fourth-order valence-electron chi connectivity index (χ4n) is 1.42. The first-order chi connectivity index (χ1) is 8.72. The number of aromatic nitrogens is 2. The summed E-state index contributed by atoms with van der Waals surface area (Å²) in [6, 6.07) is 7.91. The Morgan fingerprint density at radius 2 is 2.06 bits per heavy atom. The molecule has 0 aliphatic rings. The van der Waals surface area contributed by atoms with Crippen LogP contribution >= 0.6 is 0 Å². The highest BCUT2D eigenvalue weighted by atomic mass is 16.5. The Morgan fingerprint density at radius 3 is 2.61 bits per heavy atom. The third kappa shape index (κ3) is 2.63. The van der Waals surface area contributed by atoms with Gasteiger partial charge in [0.1, 0.15) is 12.0 Å². The van der Waals surface area contributed by atoms with Gasteiger partial charge in [-0.2, -0.15) is 5.10 Å². The molecule has 0 amide bonds. The molecule has 18 heavy (non-hydrogen) atoms. The van der Waals surface area contributed by atoms with Crippen molar-refractivity contribution in [1.82, 2.24) is 9.78 Å². The lowest BCUT2D eigenvalue weighted by molar-refractivity contribution is 0.0727. The number of carbonyl (C=O) groups is 2. The highest BCUT2D eigenvalue weighted by Gasteiger charge is 2.11. The van der Waals surface area contributed by atoms with Gasteiger partial charge in [0.05, 0.1) is 0 Å². The van der Waals surface area contributed by atoms with Crippen LogP contribution in [0.1, 0.15) is 27.8 Å². The van der Waals surface area contributed by atoms with Gasteiger partial charge in [-0.25, -0.2) is 4.79 Å².